The summed E-state index contributed by atoms with van der Waals surface area (Å²) in [5, 5.41) is 12.9. The third kappa shape index (κ3) is 4.72. The van der Waals surface area contributed by atoms with E-state index in [9.17, 15) is 4.79 Å². The summed E-state index contributed by atoms with van der Waals surface area (Å²) in [6, 6.07) is 7.58. The number of nitrogens with zero attached hydrogens (tertiary/aromatic N) is 4. The van der Waals surface area contributed by atoms with Crippen LogP contribution in [0.5, 0.6) is 0 Å². The minimum absolute atomic E-state index is 0.151. The fourth-order valence-corrected chi connectivity index (χ4v) is 3.40. The highest BCUT2D eigenvalue weighted by molar-refractivity contribution is 9.10. The number of benzene rings is 1. The Morgan fingerprint density at radius 1 is 1.22 bits per heavy atom. The fourth-order valence-electron chi connectivity index (χ4n) is 2.66. The largest absolute Gasteiger partial charge is 0.308 e. The molecule has 0 saturated heterocycles. The van der Waals surface area contributed by atoms with Gasteiger partial charge in [-0.2, -0.15) is 10.2 Å². The van der Waals surface area contributed by atoms with Crippen molar-refractivity contribution in [1.29, 1.82) is 0 Å². The van der Waals surface area contributed by atoms with Crippen molar-refractivity contribution in [3.8, 4) is 0 Å². The van der Waals surface area contributed by atoms with E-state index < -0.39 is 0 Å². The lowest BCUT2D eigenvalue weighted by molar-refractivity contribution is -0.116. The Labute approximate surface area is 175 Å². The second-order valence-corrected chi connectivity index (χ2v) is 7.76. The van der Waals surface area contributed by atoms with E-state index in [-0.39, 0.29) is 12.3 Å². The van der Waals surface area contributed by atoms with E-state index >= 15 is 0 Å². The SMILES string of the molecule is Cc1nn(CCC(=O)Nc2nn(Cc3ccccc3Cl)cc2Br)c(C)c1Cl. The smallest absolute Gasteiger partial charge is 0.227 e. The van der Waals surface area contributed by atoms with Gasteiger partial charge in [-0.1, -0.05) is 41.4 Å². The molecule has 142 valence electrons. The van der Waals surface area contributed by atoms with E-state index in [2.05, 4.69) is 31.4 Å². The number of rotatable bonds is 6. The van der Waals surface area contributed by atoms with Crippen LogP contribution in [0.1, 0.15) is 23.4 Å². The van der Waals surface area contributed by atoms with Gasteiger partial charge in [-0.05, 0) is 41.4 Å². The summed E-state index contributed by atoms with van der Waals surface area (Å²) in [7, 11) is 0. The van der Waals surface area contributed by atoms with Crippen molar-refractivity contribution in [2.24, 2.45) is 0 Å². The predicted molar refractivity (Wildman–Crippen MR) is 110 cm³/mol. The molecule has 1 N–H and O–H groups in total. The fraction of sp³-hybridized carbons (Fsp3) is 0.278. The summed E-state index contributed by atoms with van der Waals surface area (Å²) in [4.78, 5) is 12.3. The van der Waals surface area contributed by atoms with Gasteiger partial charge < -0.3 is 5.32 Å². The Kier molecular flexibility index (Phi) is 6.24. The zero-order valence-electron chi connectivity index (χ0n) is 14.8. The van der Waals surface area contributed by atoms with Crippen molar-refractivity contribution in [2.75, 3.05) is 5.32 Å². The van der Waals surface area contributed by atoms with Crippen molar-refractivity contribution in [3.05, 3.63) is 61.9 Å². The molecule has 6 nitrogen and oxygen atoms in total. The first-order valence-corrected chi connectivity index (χ1v) is 9.85. The molecule has 2 heterocycles. The molecule has 0 saturated carbocycles. The van der Waals surface area contributed by atoms with Crippen LogP contribution in [-0.2, 0) is 17.9 Å². The molecule has 0 radical (unpaired) electrons. The second-order valence-electron chi connectivity index (χ2n) is 6.12. The summed E-state index contributed by atoms with van der Waals surface area (Å²) in [5.41, 5.74) is 2.57. The standard InChI is InChI=1S/C18H18BrCl2N5O/c1-11-17(21)12(2)26(23-11)8-7-16(27)22-18-14(19)10-25(24-18)9-13-5-3-4-6-15(13)20/h3-6,10H,7-9H2,1-2H3,(H,22,24,27). The molecule has 0 spiro atoms. The van der Waals surface area contributed by atoms with Crippen LogP contribution in [0.15, 0.2) is 34.9 Å². The van der Waals surface area contributed by atoms with Crippen LogP contribution < -0.4 is 5.32 Å². The Morgan fingerprint density at radius 3 is 2.63 bits per heavy atom. The average Bonchev–Trinajstić information content (AvgIpc) is 3.09. The van der Waals surface area contributed by atoms with Gasteiger partial charge in [0.2, 0.25) is 5.91 Å². The van der Waals surface area contributed by atoms with E-state index in [0.29, 0.717) is 33.4 Å². The van der Waals surface area contributed by atoms with Crippen LogP contribution >= 0.6 is 39.1 Å². The van der Waals surface area contributed by atoms with Crippen molar-refractivity contribution in [3.63, 3.8) is 0 Å². The molecule has 0 aliphatic heterocycles. The van der Waals surface area contributed by atoms with E-state index in [1.807, 2.05) is 38.1 Å². The van der Waals surface area contributed by atoms with Crippen molar-refractivity contribution in [1.82, 2.24) is 19.6 Å². The summed E-state index contributed by atoms with van der Waals surface area (Å²) in [6.45, 7) is 4.68. The lowest BCUT2D eigenvalue weighted by Gasteiger charge is -2.06. The third-order valence-corrected chi connectivity index (χ3v) is 5.60. The first-order chi connectivity index (χ1) is 12.8. The lowest BCUT2D eigenvalue weighted by atomic mass is 10.2. The van der Waals surface area contributed by atoms with Crippen LogP contribution in [0.4, 0.5) is 5.82 Å². The maximum Gasteiger partial charge on any atom is 0.227 e. The van der Waals surface area contributed by atoms with Gasteiger partial charge in [0, 0.05) is 17.6 Å². The molecular weight excluding hydrogens is 453 g/mol. The average molecular weight is 471 g/mol. The van der Waals surface area contributed by atoms with Crippen LogP contribution in [0.25, 0.3) is 0 Å². The summed E-state index contributed by atoms with van der Waals surface area (Å²) in [6.07, 6.45) is 2.07. The van der Waals surface area contributed by atoms with Gasteiger partial charge in [-0.3, -0.25) is 14.2 Å². The minimum Gasteiger partial charge on any atom is -0.308 e. The number of halogens is 3. The van der Waals surface area contributed by atoms with Gasteiger partial charge >= 0.3 is 0 Å². The number of hydrogen-bond acceptors (Lipinski definition) is 3. The third-order valence-electron chi connectivity index (χ3n) is 4.11. The molecule has 0 unspecified atom stereocenters. The molecule has 9 heteroatoms. The molecule has 2 aromatic heterocycles. The number of carbonyl (C=O) groups is 1. The molecule has 0 bridgehead atoms. The number of amides is 1. The summed E-state index contributed by atoms with van der Waals surface area (Å²) >= 11 is 15.8. The highest BCUT2D eigenvalue weighted by Gasteiger charge is 2.13. The Hall–Kier alpha value is -1.83. The van der Waals surface area contributed by atoms with Gasteiger partial charge in [0.1, 0.15) is 0 Å². The Bertz CT molecular complexity index is 982. The first-order valence-electron chi connectivity index (χ1n) is 8.31. The zero-order valence-corrected chi connectivity index (χ0v) is 17.9. The van der Waals surface area contributed by atoms with Crippen LogP contribution in [0.3, 0.4) is 0 Å². The minimum atomic E-state index is -0.151. The number of aromatic nitrogens is 4. The maximum atomic E-state index is 12.3. The monoisotopic (exact) mass is 469 g/mol. The van der Waals surface area contributed by atoms with Crippen molar-refractivity contribution < 1.29 is 4.79 Å². The topological polar surface area (TPSA) is 64.7 Å². The van der Waals surface area contributed by atoms with Crippen LogP contribution in [0.2, 0.25) is 10.0 Å². The van der Waals surface area contributed by atoms with E-state index in [0.717, 1.165) is 17.0 Å². The Balaban J connectivity index is 1.62. The zero-order chi connectivity index (χ0) is 19.6. The number of carbonyl (C=O) groups excluding carboxylic acids is 1. The number of nitrogens with one attached hydrogen (secondary N) is 1. The molecule has 27 heavy (non-hydrogen) atoms. The quantitative estimate of drug-likeness (QED) is 0.560. The highest BCUT2D eigenvalue weighted by Crippen LogP contribution is 2.23. The van der Waals surface area contributed by atoms with Crippen LogP contribution in [0, 0.1) is 13.8 Å². The molecule has 3 aromatic rings. The highest BCUT2D eigenvalue weighted by atomic mass is 79.9. The molecule has 3 rings (SSSR count). The van der Waals surface area contributed by atoms with Gasteiger partial charge in [0.25, 0.3) is 0 Å². The number of aryl methyl sites for hydroxylation is 2. The van der Waals surface area contributed by atoms with Crippen molar-refractivity contribution >= 4 is 50.9 Å². The lowest BCUT2D eigenvalue weighted by Crippen LogP contribution is -2.16. The van der Waals surface area contributed by atoms with E-state index in [4.69, 9.17) is 23.2 Å². The predicted octanol–water partition coefficient (Wildman–Crippen LogP) is 4.84. The molecule has 1 aromatic carbocycles. The van der Waals surface area contributed by atoms with Crippen LogP contribution in [-0.4, -0.2) is 25.5 Å². The molecule has 0 aliphatic carbocycles. The van der Waals surface area contributed by atoms with Gasteiger partial charge in [-0.25, -0.2) is 0 Å². The number of hydrogen-bond donors (Lipinski definition) is 1. The molecule has 0 atom stereocenters. The Morgan fingerprint density at radius 2 is 1.96 bits per heavy atom. The van der Waals surface area contributed by atoms with Gasteiger partial charge in [0.05, 0.1) is 34.0 Å². The summed E-state index contributed by atoms with van der Waals surface area (Å²) in [5.74, 6) is 0.320. The van der Waals surface area contributed by atoms with E-state index in [1.54, 1.807) is 15.6 Å². The molecule has 0 aliphatic rings. The van der Waals surface area contributed by atoms with Gasteiger partial charge in [-0.15, -0.1) is 0 Å². The molecule has 0 fully saturated rings. The molecule has 1 amide bonds. The molecular formula is C18H18BrCl2N5O. The van der Waals surface area contributed by atoms with Crippen molar-refractivity contribution in [2.45, 2.75) is 33.4 Å². The summed E-state index contributed by atoms with van der Waals surface area (Å²) < 4.78 is 4.17. The van der Waals surface area contributed by atoms with E-state index in [1.165, 1.54) is 0 Å². The normalized spacial score (nSPS) is 11.0. The first kappa shape index (κ1) is 19.9. The second kappa shape index (κ2) is 8.46. The maximum absolute atomic E-state index is 12.3. The van der Waals surface area contributed by atoms with Gasteiger partial charge in [0.15, 0.2) is 5.82 Å². The number of anilines is 1.